The van der Waals surface area contributed by atoms with Gasteiger partial charge in [-0.2, -0.15) is 0 Å². The Labute approximate surface area is 155 Å². The molecule has 0 saturated heterocycles. The number of carbonyl (C=O) groups is 2. The summed E-state index contributed by atoms with van der Waals surface area (Å²) in [5.74, 6) is 0.840. The van der Waals surface area contributed by atoms with Crippen LogP contribution >= 0.6 is 0 Å². The van der Waals surface area contributed by atoms with Crippen molar-refractivity contribution < 1.29 is 14.3 Å². The molecule has 0 radical (unpaired) electrons. The van der Waals surface area contributed by atoms with E-state index in [1.54, 1.807) is 0 Å². The summed E-state index contributed by atoms with van der Waals surface area (Å²) in [5.41, 5.74) is 7.23. The highest BCUT2D eigenvalue weighted by atomic mass is 16.5. The van der Waals surface area contributed by atoms with E-state index in [1.165, 1.54) is 13.5 Å². The lowest BCUT2D eigenvalue weighted by Crippen LogP contribution is -2.48. The third-order valence-electron chi connectivity index (χ3n) is 6.35. The summed E-state index contributed by atoms with van der Waals surface area (Å²) >= 11 is 0. The molecule has 2 unspecified atom stereocenters. The zero-order valence-corrected chi connectivity index (χ0v) is 16.0. The van der Waals surface area contributed by atoms with Gasteiger partial charge < -0.3 is 15.8 Å². The average Bonchev–Trinajstić information content (AvgIpc) is 2.61. The van der Waals surface area contributed by atoms with Crippen molar-refractivity contribution in [3.63, 3.8) is 0 Å². The third kappa shape index (κ3) is 3.63. The fraction of sp³-hybridized carbons (Fsp3) is 0.619. The highest BCUT2D eigenvalue weighted by molar-refractivity contribution is 5.92. The number of carbonyl (C=O) groups excluding carboxylic acids is 2. The molecule has 0 spiro atoms. The lowest BCUT2D eigenvalue weighted by molar-refractivity contribution is -0.146. The van der Waals surface area contributed by atoms with Crippen LogP contribution in [0.25, 0.3) is 0 Å². The summed E-state index contributed by atoms with van der Waals surface area (Å²) in [6, 6.07) is 7.73. The number of amides is 1. The van der Waals surface area contributed by atoms with E-state index in [2.05, 4.69) is 5.32 Å². The van der Waals surface area contributed by atoms with E-state index in [0.717, 1.165) is 36.9 Å². The van der Waals surface area contributed by atoms with Gasteiger partial charge in [-0.05, 0) is 69.1 Å². The highest BCUT2D eigenvalue weighted by Crippen LogP contribution is 2.42. The number of hydrogen-bond donors (Lipinski definition) is 2. The number of methoxy groups -OCH3 is 1. The summed E-state index contributed by atoms with van der Waals surface area (Å²) < 4.78 is 4.87. The van der Waals surface area contributed by atoms with Crippen molar-refractivity contribution in [3.8, 4) is 0 Å². The van der Waals surface area contributed by atoms with E-state index in [-0.39, 0.29) is 23.8 Å². The molecule has 26 heavy (non-hydrogen) atoms. The normalized spacial score (nSPS) is 28.3. The van der Waals surface area contributed by atoms with E-state index in [9.17, 15) is 9.59 Å². The maximum atomic E-state index is 12.7. The first-order valence-corrected chi connectivity index (χ1v) is 9.58. The van der Waals surface area contributed by atoms with Crippen LogP contribution in [-0.2, 0) is 19.7 Å². The summed E-state index contributed by atoms with van der Waals surface area (Å²) in [7, 11) is 1.39. The second-order valence-electron chi connectivity index (χ2n) is 8.38. The average molecular weight is 358 g/mol. The molecule has 1 aromatic rings. The molecule has 142 valence electrons. The molecule has 3 N–H and O–H groups in total. The second-order valence-corrected chi connectivity index (χ2v) is 8.38. The summed E-state index contributed by atoms with van der Waals surface area (Å²) in [4.78, 5) is 24.6. The van der Waals surface area contributed by atoms with Gasteiger partial charge in [-0.25, -0.2) is 0 Å². The Morgan fingerprint density at radius 3 is 2.23 bits per heavy atom. The Morgan fingerprint density at radius 2 is 1.69 bits per heavy atom. The molecule has 2 fully saturated rings. The molecule has 5 nitrogen and oxygen atoms in total. The van der Waals surface area contributed by atoms with Gasteiger partial charge in [-0.1, -0.05) is 18.6 Å². The first-order chi connectivity index (χ1) is 12.3. The van der Waals surface area contributed by atoms with Crippen molar-refractivity contribution in [2.24, 2.45) is 23.5 Å². The van der Waals surface area contributed by atoms with Crippen LogP contribution in [0.5, 0.6) is 0 Å². The highest BCUT2D eigenvalue weighted by Gasteiger charge is 2.40. The second kappa shape index (κ2) is 7.39. The van der Waals surface area contributed by atoms with Crippen LogP contribution in [0, 0.1) is 17.8 Å². The molecule has 2 bridgehead atoms. The minimum Gasteiger partial charge on any atom is -0.468 e. The first-order valence-electron chi connectivity index (χ1n) is 9.58. The smallest absolute Gasteiger partial charge is 0.315 e. The van der Waals surface area contributed by atoms with Crippen molar-refractivity contribution in [1.82, 2.24) is 0 Å². The van der Waals surface area contributed by atoms with E-state index in [4.69, 9.17) is 10.5 Å². The van der Waals surface area contributed by atoms with Gasteiger partial charge in [0.15, 0.2) is 0 Å². The zero-order chi connectivity index (χ0) is 18.9. The molecule has 2 saturated carbocycles. The van der Waals surface area contributed by atoms with Crippen LogP contribution in [-0.4, -0.2) is 25.0 Å². The Kier molecular flexibility index (Phi) is 5.37. The number of fused-ring (bicyclic) bond motifs is 2. The molecule has 5 heteroatoms. The molecule has 1 aromatic carbocycles. The van der Waals surface area contributed by atoms with Crippen molar-refractivity contribution in [1.29, 1.82) is 0 Å². The Morgan fingerprint density at radius 1 is 1.12 bits per heavy atom. The Bertz CT molecular complexity index is 654. The number of esters is 1. The molecule has 1 amide bonds. The summed E-state index contributed by atoms with van der Waals surface area (Å²) in [6.45, 7) is 3.66. The van der Waals surface area contributed by atoms with Crippen LogP contribution in [0.3, 0.4) is 0 Å². The standard InChI is InChI=1S/C21H30N2O3/c1-21(2,20(25)26-3)16-7-9-17(10-8-16)23-19(24)15-11-13-5-4-6-14(12-15)18(13)22/h7-10,13-15,18H,4-6,11-12,22H2,1-3H3,(H,23,24). The SMILES string of the molecule is COC(=O)C(C)(C)c1ccc(NC(=O)C2CC3CCCC(C2)C3N)cc1. The van der Waals surface area contributed by atoms with Gasteiger partial charge in [-0.3, -0.25) is 9.59 Å². The lowest BCUT2D eigenvalue weighted by atomic mass is 9.65. The largest absolute Gasteiger partial charge is 0.468 e. The predicted octanol–water partition coefficient (Wildman–Crippen LogP) is 3.23. The first kappa shape index (κ1) is 18.9. The van der Waals surface area contributed by atoms with Crippen molar-refractivity contribution in [2.75, 3.05) is 12.4 Å². The topological polar surface area (TPSA) is 81.4 Å². The van der Waals surface area contributed by atoms with Gasteiger partial charge in [0.2, 0.25) is 5.91 Å². The minimum atomic E-state index is -0.714. The zero-order valence-electron chi connectivity index (χ0n) is 16.0. The van der Waals surface area contributed by atoms with Gasteiger partial charge in [-0.15, -0.1) is 0 Å². The van der Waals surface area contributed by atoms with Gasteiger partial charge >= 0.3 is 5.97 Å². The van der Waals surface area contributed by atoms with Gasteiger partial charge in [0.1, 0.15) is 0 Å². The van der Waals surface area contributed by atoms with E-state index < -0.39 is 5.41 Å². The maximum absolute atomic E-state index is 12.7. The van der Waals surface area contributed by atoms with Crippen molar-refractivity contribution in [2.45, 2.75) is 57.4 Å². The Hall–Kier alpha value is -1.88. The molecular formula is C21H30N2O3. The number of benzene rings is 1. The van der Waals surface area contributed by atoms with Crippen LogP contribution < -0.4 is 11.1 Å². The number of nitrogens with one attached hydrogen (secondary N) is 1. The molecular weight excluding hydrogens is 328 g/mol. The van der Waals surface area contributed by atoms with Crippen molar-refractivity contribution in [3.05, 3.63) is 29.8 Å². The molecule has 2 aliphatic rings. The van der Waals surface area contributed by atoms with Crippen LogP contribution in [0.1, 0.15) is 51.5 Å². The molecule has 0 heterocycles. The third-order valence-corrected chi connectivity index (χ3v) is 6.35. The summed E-state index contributed by atoms with van der Waals surface area (Å²) in [5, 5.41) is 3.04. The number of nitrogens with two attached hydrogens (primary N) is 1. The van der Waals surface area contributed by atoms with Gasteiger partial charge in [0, 0.05) is 17.6 Å². The fourth-order valence-corrected chi connectivity index (χ4v) is 4.59. The van der Waals surface area contributed by atoms with Crippen LogP contribution in [0.2, 0.25) is 0 Å². The fourth-order valence-electron chi connectivity index (χ4n) is 4.59. The quantitative estimate of drug-likeness (QED) is 0.810. The van der Waals surface area contributed by atoms with E-state index in [1.807, 2.05) is 38.1 Å². The van der Waals surface area contributed by atoms with Crippen LogP contribution in [0.4, 0.5) is 5.69 Å². The molecule has 0 aromatic heterocycles. The molecule has 3 rings (SSSR count). The number of anilines is 1. The molecule has 0 aliphatic heterocycles. The van der Waals surface area contributed by atoms with E-state index >= 15 is 0 Å². The number of hydrogen-bond acceptors (Lipinski definition) is 4. The minimum absolute atomic E-state index is 0.0521. The maximum Gasteiger partial charge on any atom is 0.315 e. The summed E-state index contributed by atoms with van der Waals surface area (Å²) in [6.07, 6.45) is 5.35. The van der Waals surface area contributed by atoms with Crippen molar-refractivity contribution >= 4 is 17.6 Å². The Balaban J connectivity index is 1.64. The van der Waals surface area contributed by atoms with Gasteiger partial charge in [0.05, 0.1) is 12.5 Å². The predicted molar refractivity (Wildman–Crippen MR) is 102 cm³/mol. The van der Waals surface area contributed by atoms with E-state index in [0.29, 0.717) is 11.8 Å². The lowest BCUT2D eigenvalue weighted by Gasteiger charge is -2.43. The molecule has 2 atom stereocenters. The number of rotatable bonds is 4. The van der Waals surface area contributed by atoms with Crippen LogP contribution in [0.15, 0.2) is 24.3 Å². The van der Waals surface area contributed by atoms with Gasteiger partial charge in [0.25, 0.3) is 0 Å². The molecule has 2 aliphatic carbocycles. The monoisotopic (exact) mass is 358 g/mol. The number of ether oxygens (including phenoxy) is 1.